The molecule has 5 rings (SSSR count). The van der Waals surface area contributed by atoms with Gasteiger partial charge >= 0.3 is 0 Å². The van der Waals surface area contributed by atoms with Crippen molar-refractivity contribution in [3.63, 3.8) is 0 Å². The fourth-order valence-corrected chi connectivity index (χ4v) is 3.57. The number of hydrogen-bond donors (Lipinski definition) is 0. The van der Waals surface area contributed by atoms with Gasteiger partial charge in [-0.1, -0.05) is 30.3 Å². The van der Waals surface area contributed by atoms with Gasteiger partial charge < -0.3 is 14.2 Å². The van der Waals surface area contributed by atoms with Crippen LogP contribution in [0.1, 0.15) is 34.0 Å². The summed E-state index contributed by atoms with van der Waals surface area (Å²) in [5.74, 6) is 1.59. The normalized spacial score (nSPS) is 27.8. The summed E-state index contributed by atoms with van der Waals surface area (Å²) in [6, 6.07) is 13.6. The Balaban J connectivity index is 1.50. The van der Waals surface area contributed by atoms with E-state index >= 15 is 0 Å². The number of aryl methyl sites for hydroxylation is 1. The van der Waals surface area contributed by atoms with E-state index in [9.17, 15) is 4.79 Å². The summed E-state index contributed by atoms with van der Waals surface area (Å²) in [6.45, 7) is 0.252. The highest BCUT2D eigenvalue weighted by molar-refractivity contribution is 6.07. The Bertz CT molecular complexity index is 797. The minimum atomic E-state index is -0.679. The van der Waals surface area contributed by atoms with E-state index in [4.69, 9.17) is 14.2 Å². The van der Waals surface area contributed by atoms with Gasteiger partial charge in [-0.15, -0.1) is 0 Å². The standard InChI is InChI=1S/C18H14O4/c19-16-13-4-2-1-3-11(13)7-8-18(16)17(22-18)12-5-6-14-15(9-12)21-10-20-14/h1-6,9,17H,7-8,10H2. The molecule has 2 unspecified atom stereocenters. The van der Waals surface area contributed by atoms with Crippen LogP contribution in [-0.2, 0) is 11.2 Å². The second kappa shape index (κ2) is 4.11. The van der Waals surface area contributed by atoms with Crippen LogP contribution in [0.25, 0.3) is 0 Å². The molecule has 1 aliphatic carbocycles. The molecule has 22 heavy (non-hydrogen) atoms. The molecule has 2 heterocycles. The van der Waals surface area contributed by atoms with Crippen molar-refractivity contribution in [2.24, 2.45) is 0 Å². The zero-order valence-corrected chi connectivity index (χ0v) is 11.9. The summed E-state index contributed by atoms with van der Waals surface area (Å²) >= 11 is 0. The number of hydrogen-bond acceptors (Lipinski definition) is 4. The lowest BCUT2D eigenvalue weighted by molar-refractivity contribution is 0.0850. The maximum atomic E-state index is 12.8. The molecular weight excluding hydrogens is 280 g/mol. The number of carbonyl (C=O) groups excluding carboxylic acids is 1. The van der Waals surface area contributed by atoms with Crippen LogP contribution in [0, 0.1) is 0 Å². The Morgan fingerprint density at radius 2 is 1.91 bits per heavy atom. The van der Waals surface area contributed by atoms with Crippen molar-refractivity contribution in [1.29, 1.82) is 0 Å². The lowest BCUT2D eigenvalue weighted by Gasteiger charge is -2.20. The molecule has 4 nitrogen and oxygen atoms in total. The summed E-state index contributed by atoms with van der Waals surface area (Å²) in [5.41, 5.74) is 2.23. The van der Waals surface area contributed by atoms with E-state index in [1.165, 1.54) is 0 Å². The Morgan fingerprint density at radius 1 is 1.05 bits per heavy atom. The molecule has 4 heteroatoms. The van der Waals surface area contributed by atoms with Gasteiger partial charge in [0.05, 0.1) is 0 Å². The van der Waals surface area contributed by atoms with Crippen LogP contribution in [0.4, 0.5) is 0 Å². The molecule has 2 atom stereocenters. The number of ether oxygens (including phenoxy) is 3. The van der Waals surface area contributed by atoms with Crippen molar-refractivity contribution in [2.45, 2.75) is 24.5 Å². The van der Waals surface area contributed by atoms with Gasteiger partial charge in [0, 0.05) is 5.56 Å². The third kappa shape index (κ3) is 1.53. The summed E-state index contributed by atoms with van der Waals surface area (Å²) in [7, 11) is 0. The number of carbonyl (C=O) groups is 1. The van der Waals surface area contributed by atoms with Crippen LogP contribution in [0.5, 0.6) is 11.5 Å². The number of benzene rings is 2. The van der Waals surface area contributed by atoms with Crippen LogP contribution in [0.3, 0.4) is 0 Å². The molecule has 3 aliphatic rings. The average molecular weight is 294 g/mol. The third-order valence-corrected chi connectivity index (χ3v) is 4.81. The molecule has 0 aromatic heterocycles. The molecule has 110 valence electrons. The van der Waals surface area contributed by atoms with Crippen molar-refractivity contribution in [3.8, 4) is 11.5 Å². The van der Waals surface area contributed by atoms with E-state index in [0.29, 0.717) is 0 Å². The van der Waals surface area contributed by atoms with Gasteiger partial charge in [-0.2, -0.15) is 0 Å². The largest absolute Gasteiger partial charge is 0.454 e. The van der Waals surface area contributed by atoms with Crippen LogP contribution in [0.15, 0.2) is 42.5 Å². The van der Waals surface area contributed by atoms with Gasteiger partial charge in [0.1, 0.15) is 6.10 Å². The maximum absolute atomic E-state index is 12.8. The van der Waals surface area contributed by atoms with E-state index in [1.54, 1.807) is 0 Å². The summed E-state index contributed by atoms with van der Waals surface area (Å²) in [6.07, 6.45) is 1.44. The molecule has 0 radical (unpaired) electrons. The Labute approximate surface area is 127 Å². The zero-order valence-electron chi connectivity index (χ0n) is 11.9. The topological polar surface area (TPSA) is 48.1 Å². The average Bonchev–Trinajstić information content (AvgIpc) is 3.09. The fraction of sp³-hybridized carbons (Fsp3) is 0.278. The summed E-state index contributed by atoms with van der Waals surface area (Å²) in [5, 5.41) is 0. The predicted octanol–water partition coefficient (Wildman–Crippen LogP) is 3.05. The number of rotatable bonds is 1. The SMILES string of the molecule is O=C1c2ccccc2CCC12OC2c1ccc2c(c1)OCO2. The van der Waals surface area contributed by atoms with Crippen molar-refractivity contribution >= 4 is 5.78 Å². The smallest absolute Gasteiger partial charge is 0.231 e. The molecule has 1 spiro atoms. The quantitative estimate of drug-likeness (QED) is 0.758. The first-order valence-corrected chi connectivity index (χ1v) is 7.48. The number of ketones is 1. The third-order valence-electron chi connectivity index (χ3n) is 4.81. The van der Waals surface area contributed by atoms with Crippen molar-refractivity contribution in [3.05, 3.63) is 59.2 Å². The van der Waals surface area contributed by atoms with Gasteiger partial charge in [0.2, 0.25) is 6.79 Å². The second-order valence-corrected chi connectivity index (χ2v) is 5.99. The molecular formula is C18H14O4. The van der Waals surface area contributed by atoms with Gasteiger partial charge in [-0.25, -0.2) is 0 Å². The molecule has 0 N–H and O–H groups in total. The van der Waals surface area contributed by atoms with Crippen LogP contribution >= 0.6 is 0 Å². The van der Waals surface area contributed by atoms with E-state index in [0.717, 1.165) is 41.0 Å². The zero-order chi connectivity index (χ0) is 14.7. The van der Waals surface area contributed by atoms with E-state index < -0.39 is 5.60 Å². The first-order chi connectivity index (χ1) is 10.8. The van der Waals surface area contributed by atoms with Crippen LogP contribution in [0.2, 0.25) is 0 Å². The molecule has 2 aromatic carbocycles. The Kier molecular flexibility index (Phi) is 2.29. The Hall–Kier alpha value is -2.33. The molecule has 1 saturated heterocycles. The molecule has 2 aliphatic heterocycles. The lowest BCUT2D eigenvalue weighted by atomic mass is 9.79. The number of epoxide rings is 1. The summed E-state index contributed by atoms with van der Waals surface area (Å²) in [4.78, 5) is 12.8. The lowest BCUT2D eigenvalue weighted by Crippen LogP contribution is -2.31. The van der Waals surface area contributed by atoms with Crippen LogP contribution < -0.4 is 9.47 Å². The fourth-order valence-electron chi connectivity index (χ4n) is 3.57. The first kappa shape index (κ1) is 12.2. The van der Waals surface area contributed by atoms with Crippen LogP contribution in [-0.4, -0.2) is 18.2 Å². The number of Topliss-reactive ketones (excluding diaryl/α,β-unsaturated/α-hetero) is 1. The molecule has 2 aromatic rings. The van der Waals surface area contributed by atoms with Gasteiger partial charge in [0.15, 0.2) is 22.9 Å². The van der Waals surface area contributed by atoms with E-state index in [2.05, 4.69) is 0 Å². The monoisotopic (exact) mass is 294 g/mol. The number of fused-ring (bicyclic) bond motifs is 2. The van der Waals surface area contributed by atoms with E-state index in [1.807, 2.05) is 42.5 Å². The van der Waals surface area contributed by atoms with Crippen molar-refractivity contribution < 1.29 is 19.0 Å². The highest BCUT2D eigenvalue weighted by Crippen LogP contribution is 2.57. The Morgan fingerprint density at radius 3 is 2.86 bits per heavy atom. The minimum absolute atomic E-state index is 0.108. The highest BCUT2D eigenvalue weighted by Gasteiger charge is 2.64. The van der Waals surface area contributed by atoms with Gasteiger partial charge in [-0.05, 0) is 36.1 Å². The van der Waals surface area contributed by atoms with Crippen molar-refractivity contribution in [1.82, 2.24) is 0 Å². The predicted molar refractivity (Wildman–Crippen MR) is 78.2 cm³/mol. The second-order valence-electron chi connectivity index (χ2n) is 5.99. The van der Waals surface area contributed by atoms with Gasteiger partial charge in [-0.3, -0.25) is 4.79 Å². The van der Waals surface area contributed by atoms with Crippen molar-refractivity contribution in [2.75, 3.05) is 6.79 Å². The maximum Gasteiger partial charge on any atom is 0.231 e. The molecule has 0 amide bonds. The molecule has 0 bridgehead atoms. The molecule has 1 fully saturated rings. The van der Waals surface area contributed by atoms with E-state index in [-0.39, 0.29) is 18.7 Å². The molecule has 0 saturated carbocycles. The summed E-state index contributed by atoms with van der Waals surface area (Å²) < 4.78 is 16.7. The minimum Gasteiger partial charge on any atom is -0.454 e. The highest BCUT2D eigenvalue weighted by atomic mass is 16.7. The van der Waals surface area contributed by atoms with Gasteiger partial charge in [0.25, 0.3) is 0 Å². The first-order valence-electron chi connectivity index (χ1n) is 7.48.